The molecule has 6 aromatic carbocycles. The summed E-state index contributed by atoms with van der Waals surface area (Å²) in [5.74, 6) is -0.811. The Balaban J connectivity index is 1.18. The second kappa shape index (κ2) is 13.8. The van der Waals surface area contributed by atoms with Gasteiger partial charge >= 0.3 is 6.03 Å². The molecule has 0 atom stereocenters. The number of fused-ring (bicyclic) bond motifs is 2. The number of aromatic hydroxyl groups is 2. The molecule has 0 aliphatic carbocycles. The van der Waals surface area contributed by atoms with E-state index in [0.717, 1.165) is 48.5 Å². The number of rotatable bonds is 10. The Labute approximate surface area is 307 Å². The van der Waals surface area contributed by atoms with Crippen molar-refractivity contribution in [3.05, 3.63) is 109 Å². The lowest BCUT2D eigenvalue weighted by atomic mass is 10.1. The number of anilines is 4. The van der Waals surface area contributed by atoms with E-state index in [0.29, 0.717) is 0 Å². The van der Waals surface area contributed by atoms with Crippen molar-refractivity contribution in [3.8, 4) is 11.5 Å². The molecular weight excluding hydrogens is 789 g/mol. The number of amides is 2. The fourth-order valence-corrected chi connectivity index (χ4v) is 8.60. The van der Waals surface area contributed by atoms with E-state index in [-0.39, 0.29) is 54.1 Å². The van der Waals surface area contributed by atoms with Crippen LogP contribution in [0.15, 0.2) is 129 Å². The van der Waals surface area contributed by atoms with Crippen LogP contribution in [0.3, 0.4) is 0 Å². The van der Waals surface area contributed by atoms with Crippen molar-refractivity contribution >= 4 is 90.6 Å². The van der Waals surface area contributed by atoms with Crippen molar-refractivity contribution in [2.24, 2.45) is 0 Å². The number of carbonyl (C=O) groups excluding carboxylic acids is 1. The minimum absolute atomic E-state index is 0.00676. The first-order valence-electron chi connectivity index (χ1n) is 15.0. The van der Waals surface area contributed by atoms with Gasteiger partial charge in [-0.3, -0.25) is 18.5 Å². The van der Waals surface area contributed by atoms with Gasteiger partial charge in [-0.15, -0.1) is 0 Å². The van der Waals surface area contributed by atoms with Gasteiger partial charge in [0.05, 0.1) is 31.0 Å². The summed E-state index contributed by atoms with van der Waals surface area (Å²) in [7, 11) is -17.9. The highest BCUT2D eigenvalue weighted by atomic mass is 32.2. The van der Waals surface area contributed by atoms with E-state index in [1.165, 1.54) is 60.7 Å². The molecule has 21 heteroatoms. The molecule has 2 amide bonds. The molecule has 54 heavy (non-hydrogen) atoms. The first kappa shape index (κ1) is 37.8. The van der Waals surface area contributed by atoms with Gasteiger partial charge in [-0.1, -0.05) is 24.3 Å². The molecule has 0 aliphatic heterocycles. The van der Waals surface area contributed by atoms with Crippen molar-refractivity contribution < 1.29 is 57.8 Å². The van der Waals surface area contributed by atoms with Gasteiger partial charge in [0.25, 0.3) is 40.3 Å². The predicted molar refractivity (Wildman–Crippen MR) is 198 cm³/mol. The molecule has 0 saturated carbocycles. The molecule has 0 aromatic heterocycles. The standard InChI is InChI=1S/C33H26N4O13S4/c38-23-11-19-13-27(53(45,46)47)7-9-29(19)31(17-23)36-51(41,42)25-5-1-3-21(15-25)34-33(40)35-22-4-2-6-26(16-22)52(43,44)37-32-18-24(39)12-20-14-28(54(48,49)50)8-10-30(20)32/h1-18,36-39H,(H2,34,35,40)(H,45,46,47)(H,48,49,50). The van der Waals surface area contributed by atoms with Crippen LogP contribution in [-0.4, -0.2) is 59.0 Å². The molecule has 0 aliphatic rings. The Morgan fingerprint density at radius 1 is 0.463 bits per heavy atom. The molecule has 0 radical (unpaired) electrons. The summed E-state index contributed by atoms with van der Waals surface area (Å²) in [5, 5.41) is 25.8. The van der Waals surface area contributed by atoms with Gasteiger partial charge in [0.1, 0.15) is 11.5 Å². The van der Waals surface area contributed by atoms with Crippen LogP contribution in [0.2, 0.25) is 0 Å². The van der Waals surface area contributed by atoms with E-state index >= 15 is 0 Å². The molecule has 0 bridgehead atoms. The van der Waals surface area contributed by atoms with Crippen molar-refractivity contribution in [2.75, 3.05) is 20.1 Å². The van der Waals surface area contributed by atoms with Crippen LogP contribution in [0.5, 0.6) is 11.5 Å². The molecule has 6 rings (SSSR count). The number of hydrogen-bond acceptors (Lipinski definition) is 11. The summed E-state index contributed by atoms with van der Waals surface area (Å²) in [4.78, 5) is 11.3. The second-order valence-corrected chi connectivity index (χ2v) is 17.8. The zero-order chi connectivity index (χ0) is 39.2. The SMILES string of the molecule is O=C(Nc1cccc(S(=O)(=O)Nc2cc(O)cc3cc(S(=O)(=O)O)ccc23)c1)Nc1cccc(S(=O)(=O)Nc2cc(O)cc3cc(S(=O)(=O)O)ccc23)c1. The van der Waals surface area contributed by atoms with Crippen LogP contribution in [0.1, 0.15) is 0 Å². The Bertz CT molecular complexity index is 2770. The van der Waals surface area contributed by atoms with E-state index in [1.54, 1.807) is 0 Å². The predicted octanol–water partition coefficient (Wildman–Crippen LogP) is 5.14. The van der Waals surface area contributed by atoms with Crippen LogP contribution in [0.4, 0.5) is 27.5 Å². The van der Waals surface area contributed by atoms with Crippen LogP contribution < -0.4 is 20.1 Å². The van der Waals surface area contributed by atoms with Crippen molar-refractivity contribution in [1.29, 1.82) is 0 Å². The summed E-state index contributed by atoms with van der Waals surface area (Å²) in [5.41, 5.74) is -0.216. The molecule has 6 aromatic rings. The minimum Gasteiger partial charge on any atom is -0.508 e. The topological polar surface area (TPSA) is 283 Å². The highest BCUT2D eigenvalue weighted by Gasteiger charge is 2.21. The minimum atomic E-state index is -4.58. The van der Waals surface area contributed by atoms with Gasteiger partial charge in [0, 0.05) is 34.3 Å². The van der Waals surface area contributed by atoms with Crippen molar-refractivity contribution in [3.63, 3.8) is 0 Å². The Morgan fingerprint density at radius 2 is 0.852 bits per heavy atom. The fourth-order valence-electron chi connectivity index (χ4n) is 5.34. The first-order valence-corrected chi connectivity index (χ1v) is 20.8. The van der Waals surface area contributed by atoms with E-state index in [1.807, 2.05) is 0 Å². The lowest BCUT2D eigenvalue weighted by Crippen LogP contribution is -2.20. The third-order valence-corrected chi connectivity index (χ3v) is 12.1. The van der Waals surface area contributed by atoms with Gasteiger partial charge in [-0.25, -0.2) is 21.6 Å². The summed E-state index contributed by atoms with van der Waals surface area (Å²) < 4.78 is 123. The molecule has 0 saturated heterocycles. The van der Waals surface area contributed by atoms with Crippen molar-refractivity contribution in [1.82, 2.24) is 0 Å². The highest BCUT2D eigenvalue weighted by molar-refractivity contribution is 7.93. The maximum atomic E-state index is 13.4. The van der Waals surface area contributed by atoms with E-state index in [9.17, 15) is 57.8 Å². The number of benzene rings is 6. The number of sulfonamides is 2. The average Bonchev–Trinajstić information content (AvgIpc) is 3.06. The molecule has 0 fully saturated rings. The largest absolute Gasteiger partial charge is 0.508 e. The van der Waals surface area contributed by atoms with Gasteiger partial charge in [0.15, 0.2) is 0 Å². The Hall–Kier alpha value is -5.97. The van der Waals surface area contributed by atoms with Gasteiger partial charge in [-0.05, 0) is 83.6 Å². The number of urea groups is 1. The molecule has 0 heterocycles. The number of nitrogens with one attached hydrogen (secondary N) is 4. The maximum Gasteiger partial charge on any atom is 0.323 e. The van der Waals surface area contributed by atoms with Gasteiger partial charge in [-0.2, -0.15) is 16.8 Å². The first-order chi connectivity index (χ1) is 25.2. The van der Waals surface area contributed by atoms with Crippen LogP contribution in [0, 0.1) is 0 Å². The van der Waals surface area contributed by atoms with Gasteiger partial charge < -0.3 is 20.8 Å². The van der Waals surface area contributed by atoms with Crippen LogP contribution in [0.25, 0.3) is 21.5 Å². The monoisotopic (exact) mass is 814 g/mol. The Kier molecular flexibility index (Phi) is 9.64. The maximum absolute atomic E-state index is 13.4. The van der Waals surface area contributed by atoms with Crippen LogP contribution >= 0.6 is 0 Å². The summed E-state index contributed by atoms with van der Waals surface area (Å²) in [6, 6.07) is 20.5. The number of phenolic OH excluding ortho intramolecular Hbond substituents is 2. The van der Waals surface area contributed by atoms with Crippen molar-refractivity contribution in [2.45, 2.75) is 19.6 Å². The lowest BCUT2D eigenvalue weighted by Gasteiger charge is -2.14. The third kappa shape index (κ3) is 8.30. The summed E-state index contributed by atoms with van der Waals surface area (Å²) in [6.07, 6.45) is 0. The number of phenols is 2. The highest BCUT2D eigenvalue weighted by Crippen LogP contribution is 2.34. The third-order valence-electron chi connectivity index (χ3n) is 7.71. The quantitative estimate of drug-likeness (QED) is 0.0833. The molecule has 0 unspecified atom stereocenters. The number of carbonyl (C=O) groups is 1. The molecule has 280 valence electrons. The Morgan fingerprint density at radius 3 is 1.22 bits per heavy atom. The average molecular weight is 815 g/mol. The lowest BCUT2D eigenvalue weighted by molar-refractivity contribution is 0.262. The normalized spacial score (nSPS) is 12.3. The zero-order valence-corrected chi connectivity index (χ0v) is 30.3. The fraction of sp³-hybridized carbons (Fsp3) is 0. The van der Waals surface area contributed by atoms with E-state index in [4.69, 9.17) is 0 Å². The van der Waals surface area contributed by atoms with E-state index in [2.05, 4.69) is 20.1 Å². The smallest absolute Gasteiger partial charge is 0.323 e. The molecule has 8 N–H and O–H groups in total. The summed E-state index contributed by atoms with van der Waals surface area (Å²) in [6.45, 7) is 0. The van der Waals surface area contributed by atoms with E-state index < -0.39 is 67.6 Å². The van der Waals surface area contributed by atoms with Gasteiger partial charge in [0.2, 0.25) is 0 Å². The second-order valence-electron chi connectivity index (χ2n) is 11.5. The summed E-state index contributed by atoms with van der Waals surface area (Å²) >= 11 is 0. The molecule has 17 nitrogen and oxygen atoms in total. The molecule has 0 spiro atoms. The van der Waals surface area contributed by atoms with Crippen LogP contribution in [-0.2, 0) is 40.3 Å². The number of hydrogen-bond donors (Lipinski definition) is 8. The molecular formula is C33H26N4O13S4. The zero-order valence-electron chi connectivity index (χ0n) is 27.0.